The summed E-state index contributed by atoms with van der Waals surface area (Å²) in [6, 6.07) is 0. The molecule has 0 aliphatic carbocycles. The van der Waals surface area contributed by atoms with E-state index in [4.69, 9.17) is 10.5 Å². The lowest BCUT2D eigenvalue weighted by Gasteiger charge is -2.05. The predicted octanol–water partition coefficient (Wildman–Crippen LogP) is 1.08. The molecule has 0 aliphatic rings. The van der Waals surface area contributed by atoms with Crippen LogP contribution >= 0.6 is 0 Å². The summed E-state index contributed by atoms with van der Waals surface area (Å²) in [6.45, 7) is 7.05. The number of nitrogens with two attached hydrogens (primary N) is 1. The van der Waals surface area contributed by atoms with Gasteiger partial charge in [0.05, 0.1) is 19.3 Å². The summed E-state index contributed by atoms with van der Waals surface area (Å²) < 4.78 is 7.33. The zero-order valence-electron chi connectivity index (χ0n) is 8.99. The quantitative estimate of drug-likeness (QED) is 0.694. The number of ether oxygens (including phenoxy) is 1. The van der Waals surface area contributed by atoms with Crippen LogP contribution in [0.1, 0.15) is 24.6 Å². The lowest BCUT2D eigenvalue weighted by molar-refractivity contribution is 0.124. The molecule has 1 aromatic heterocycles. The molecule has 1 rings (SSSR count). The monoisotopic (exact) mass is 197 g/mol. The molecule has 0 bridgehead atoms. The second kappa shape index (κ2) is 5.78. The fourth-order valence-electron chi connectivity index (χ4n) is 1.31. The fourth-order valence-corrected chi connectivity index (χ4v) is 1.31. The highest BCUT2D eigenvalue weighted by Crippen LogP contribution is 2.05. The van der Waals surface area contributed by atoms with Crippen LogP contribution in [0, 0.1) is 6.92 Å². The van der Waals surface area contributed by atoms with Crippen molar-refractivity contribution in [3.05, 3.63) is 17.5 Å². The summed E-state index contributed by atoms with van der Waals surface area (Å²) in [4.78, 5) is 0. The first-order chi connectivity index (χ1) is 6.79. The average molecular weight is 197 g/mol. The van der Waals surface area contributed by atoms with Crippen molar-refractivity contribution >= 4 is 0 Å². The Bertz CT molecular complexity index is 270. The van der Waals surface area contributed by atoms with Crippen molar-refractivity contribution in [3.8, 4) is 0 Å². The maximum absolute atomic E-state index is 5.56. The summed E-state index contributed by atoms with van der Waals surface area (Å²) in [5.74, 6) is 0. The van der Waals surface area contributed by atoms with E-state index in [2.05, 4.69) is 12.0 Å². The minimum absolute atomic E-state index is 0.557. The van der Waals surface area contributed by atoms with Gasteiger partial charge in [-0.05, 0) is 13.3 Å². The normalized spacial score (nSPS) is 10.8. The molecule has 0 unspecified atom stereocenters. The molecule has 4 heteroatoms. The molecular weight excluding hydrogens is 178 g/mol. The van der Waals surface area contributed by atoms with E-state index in [1.807, 2.05) is 17.8 Å². The standard InChI is InChI=1S/C10H19N3O/c1-3-5-14-6-4-13-9(2)10(7-11)8-12-13/h8H,3-7,11H2,1-2H3. The van der Waals surface area contributed by atoms with Crippen LogP contribution in [0.2, 0.25) is 0 Å². The van der Waals surface area contributed by atoms with Crippen molar-refractivity contribution < 1.29 is 4.74 Å². The number of aromatic nitrogens is 2. The molecule has 0 aliphatic heterocycles. The number of rotatable bonds is 6. The van der Waals surface area contributed by atoms with Gasteiger partial charge in [-0.1, -0.05) is 6.92 Å². The van der Waals surface area contributed by atoms with E-state index in [0.29, 0.717) is 6.54 Å². The molecule has 0 atom stereocenters. The molecule has 80 valence electrons. The van der Waals surface area contributed by atoms with Gasteiger partial charge in [-0.3, -0.25) is 4.68 Å². The molecule has 14 heavy (non-hydrogen) atoms. The van der Waals surface area contributed by atoms with Gasteiger partial charge in [-0.2, -0.15) is 5.10 Å². The Kier molecular flexibility index (Phi) is 4.62. The molecule has 1 heterocycles. The number of hydrogen-bond acceptors (Lipinski definition) is 3. The summed E-state index contributed by atoms with van der Waals surface area (Å²) >= 11 is 0. The van der Waals surface area contributed by atoms with E-state index in [1.54, 1.807) is 0 Å². The fraction of sp³-hybridized carbons (Fsp3) is 0.700. The first kappa shape index (κ1) is 11.2. The topological polar surface area (TPSA) is 53.1 Å². The van der Waals surface area contributed by atoms with Crippen molar-refractivity contribution in [1.82, 2.24) is 9.78 Å². The molecule has 0 radical (unpaired) electrons. The molecule has 0 saturated carbocycles. The van der Waals surface area contributed by atoms with E-state index >= 15 is 0 Å². The lowest BCUT2D eigenvalue weighted by Crippen LogP contribution is -2.10. The van der Waals surface area contributed by atoms with Gasteiger partial charge in [-0.15, -0.1) is 0 Å². The minimum atomic E-state index is 0.557. The summed E-state index contributed by atoms with van der Waals surface area (Å²) in [7, 11) is 0. The van der Waals surface area contributed by atoms with Gasteiger partial charge in [0.2, 0.25) is 0 Å². The summed E-state index contributed by atoms with van der Waals surface area (Å²) in [5, 5.41) is 4.24. The maximum Gasteiger partial charge on any atom is 0.0662 e. The summed E-state index contributed by atoms with van der Waals surface area (Å²) in [6.07, 6.45) is 2.89. The van der Waals surface area contributed by atoms with Gasteiger partial charge in [0.25, 0.3) is 0 Å². The van der Waals surface area contributed by atoms with Crippen molar-refractivity contribution in [2.45, 2.75) is 33.4 Å². The van der Waals surface area contributed by atoms with Crippen molar-refractivity contribution in [3.63, 3.8) is 0 Å². The van der Waals surface area contributed by atoms with Gasteiger partial charge in [0.15, 0.2) is 0 Å². The van der Waals surface area contributed by atoms with Crippen LogP contribution in [-0.2, 0) is 17.8 Å². The second-order valence-corrected chi connectivity index (χ2v) is 3.29. The third-order valence-corrected chi connectivity index (χ3v) is 2.22. The largest absolute Gasteiger partial charge is 0.380 e. The highest BCUT2D eigenvalue weighted by atomic mass is 16.5. The van der Waals surface area contributed by atoms with Crippen LogP contribution in [0.4, 0.5) is 0 Å². The van der Waals surface area contributed by atoms with Gasteiger partial charge in [0, 0.05) is 24.4 Å². The van der Waals surface area contributed by atoms with E-state index in [-0.39, 0.29) is 0 Å². The van der Waals surface area contributed by atoms with Gasteiger partial charge in [0.1, 0.15) is 0 Å². The molecule has 0 saturated heterocycles. The Morgan fingerprint density at radius 1 is 1.50 bits per heavy atom. The van der Waals surface area contributed by atoms with E-state index < -0.39 is 0 Å². The Labute approximate surface area is 85.0 Å². The first-order valence-corrected chi connectivity index (χ1v) is 5.08. The molecule has 2 N–H and O–H groups in total. The van der Waals surface area contributed by atoms with E-state index in [0.717, 1.165) is 37.4 Å². The molecule has 0 amide bonds. The molecule has 0 fully saturated rings. The molecule has 0 spiro atoms. The Balaban J connectivity index is 2.39. The van der Waals surface area contributed by atoms with Gasteiger partial charge >= 0.3 is 0 Å². The third kappa shape index (κ3) is 2.82. The van der Waals surface area contributed by atoms with Crippen LogP contribution in [-0.4, -0.2) is 23.0 Å². The summed E-state index contributed by atoms with van der Waals surface area (Å²) in [5.41, 5.74) is 7.81. The van der Waals surface area contributed by atoms with E-state index in [9.17, 15) is 0 Å². The van der Waals surface area contributed by atoms with E-state index in [1.165, 1.54) is 0 Å². The number of hydrogen-bond donors (Lipinski definition) is 1. The van der Waals surface area contributed by atoms with Crippen molar-refractivity contribution in [2.24, 2.45) is 5.73 Å². The Hall–Kier alpha value is -0.870. The van der Waals surface area contributed by atoms with Crippen LogP contribution in [0.3, 0.4) is 0 Å². The van der Waals surface area contributed by atoms with Crippen molar-refractivity contribution in [1.29, 1.82) is 0 Å². The van der Waals surface area contributed by atoms with Crippen molar-refractivity contribution in [2.75, 3.05) is 13.2 Å². The minimum Gasteiger partial charge on any atom is -0.380 e. The first-order valence-electron chi connectivity index (χ1n) is 5.08. The van der Waals surface area contributed by atoms with Crippen LogP contribution < -0.4 is 5.73 Å². The smallest absolute Gasteiger partial charge is 0.0662 e. The zero-order chi connectivity index (χ0) is 10.4. The lowest BCUT2D eigenvalue weighted by atomic mass is 10.3. The predicted molar refractivity (Wildman–Crippen MR) is 56.0 cm³/mol. The van der Waals surface area contributed by atoms with Crippen LogP contribution in [0.25, 0.3) is 0 Å². The molecule has 0 aromatic carbocycles. The number of nitrogens with zero attached hydrogens (tertiary/aromatic N) is 2. The van der Waals surface area contributed by atoms with Crippen LogP contribution in [0.15, 0.2) is 6.20 Å². The van der Waals surface area contributed by atoms with Gasteiger partial charge in [-0.25, -0.2) is 0 Å². The zero-order valence-corrected chi connectivity index (χ0v) is 8.99. The SMILES string of the molecule is CCCOCCn1ncc(CN)c1C. The highest BCUT2D eigenvalue weighted by Gasteiger charge is 2.03. The third-order valence-electron chi connectivity index (χ3n) is 2.22. The molecule has 4 nitrogen and oxygen atoms in total. The Morgan fingerprint density at radius 2 is 2.29 bits per heavy atom. The Morgan fingerprint density at radius 3 is 2.86 bits per heavy atom. The highest BCUT2D eigenvalue weighted by molar-refractivity contribution is 5.15. The molecule has 1 aromatic rings. The second-order valence-electron chi connectivity index (χ2n) is 3.29. The maximum atomic E-state index is 5.56. The average Bonchev–Trinajstić information content (AvgIpc) is 2.55. The van der Waals surface area contributed by atoms with Gasteiger partial charge < -0.3 is 10.5 Å². The van der Waals surface area contributed by atoms with Crippen LogP contribution in [0.5, 0.6) is 0 Å². The molecular formula is C10H19N3O.